The van der Waals surface area contributed by atoms with Crippen LogP contribution >= 0.6 is 11.6 Å². The highest BCUT2D eigenvalue weighted by Gasteiger charge is 2.22. The lowest BCUT2D eigenvalue weighted by Gasteiger charge is -2.20. The van der Waals surface area contributed by atoms with Crippen LogP contribution in [0.1, 0.15) is 33.7 Å². The number of amides is 3. The van der Waals surface area contributed by atoms with E-state index < -0.39 is 23.5 Å². The van der Waals surface area contributed by atoms with E-state index in [1.165, 1.54) is 0 Å². The molecule has 2 rings (SSSR count). The number of benzene rings is 1. The Morgan fingerprint density at radius 1 is 1.21 bits per heavy atom. The lowest BCUT2D eigenvalue weighted by atomic mass is 10.1. The van der Waals surface area contributed by atoms with Crippen LogP contribution in [0.2, 0.25) is 5.02 Å². The van der Waals surface area contributed by atoms with Crippen molar-refractivity contribution in [2.45, 2.75) is 39.3 Å². The molecule has 0 fully saturated rings. The first-order chi connectivity index (χ1) is 11.2. The van der Waals surface area contributed by atoms with Gasteiger partial charge >= 0.3 is 6.03 Å². The fourth-order valence-electron chi connectivity index (χ4n) is 1.80. The Kier molecular flexibility index (Phi) is 5.18. The maximum absolute atomic E-state index is 12.1. The molecule has 0 bridgehead atoms. The van der Waals surface area contributed by atoms with Gasteiger partial charge in [-0.1, -0.05) is 11.6 Å². The molecule has 0 spiro atoms. The van der Waals surface area contributed by atoms with Gasteiger partial charge in [0, 0.05) is 16.1 Å². The van der Waals surface area contributed by atoms with Gasteiger partial charge in [0.05, 0.1) is 0 Å². The summed E-state index contributed by atoms with van der Waals surface area (Å²) in [7, 11) is 0. The lowest BCUT2D eigenvalue weighted by Crippen LogP contribution is -2.49. The van der Waals surface area contributed by atoms with E-state index in [2.05, 4.69) is 26.0 Å². The maximum Gasteiger partial charge on any atom is 0.321 e. The van der Waals surface area contributed by atoms with Crippen LogP contribution in [0.15, 0.2) is 24.3 Å². The zero-order chi connectivity index (χ0) is 17.9. The topological polar surface area (TPSA) is 102 Å². The molecule has 0 aliphatic carbocycles. The minimum atomic E-state index is -0.788. The van der Waals surface area contributed by atoms with Crippen molar-refractivity contribution in [3.05, 3.63) is 29.3 Å². The molecular weight excluding hydrogens is 332 g/mol. The normalized spacial score (nSPS) is 12.5. The summed E-state index contributed by atoms with van der Waals surface area (Å²) in [6, 6.07) is 5.58. The van der Waals surface area contributed by atoms with Gasteiger partial charge in [0.1, 0.15) is 6.04 Å². The molecule has 0 saturated heterocycles. The second-order valence-electron chi connectivity index (χ2n) is 6.31. The quantitative estimate of drug-likeness (QED) is 0.883. The van der Waals surface area contributed by atoms with E-state index in [0.717, 1.165) is 10.4 Å². The second kappa shape index (κ2) is 6.96. The number of tetrazole rings is 1. The van der Waals surface area contributed by atoms with E-state index in [4.69, 9.17) is 11.6 Å². The molecule has 2 aromatic rings. The van der Waals surface area contributed by atoms with Crippen LogP contribution in [-0.4, -0.2) is 37.7 Å². The first-order valence-corrected chi connectivity index (χ1v) is 7.72. The zero-order valence-electron chi connectivity index (χ0n) is 13.9. The SMILES string of the molecule is CC(C(=O)NC(=O)NC(C)(C)C)n1nnc(-c2ccc(Cl)cc2)n1. The summed E-state index contributed by atoms with van der Waals surface area (Å²) in [4.78, 5) is 25.0. The Labute approximate surface area is 144 Å². The highest BCUT2D eigenvalue weighted by molar-refractivity contribution is 6.30. The predicted molar refractivity (Wildman–Crippen MR) is 89.4 cm³/mol. The van der Waals surface area contributed by atoms with Crippen LogP contribution in [0.25, 0.3) is 11.4 Å². The number of imide groups is 1. The number of halogens is 1. The largest absolute Gasteiger partial charge is 0.333 e. The summed E-state index contributed by atoms with van der Waals surface area (Å²) in [5.41, 5.74) is 0.282. The summed E-state index contributed by atoms with van der Waals surface area (Å²) in [5.74, 6) is -0.165. The average molecular weight is 351 g/mol. The van der Waals surface area contributed by atoms with Gasteiger partial charge in [0.25, 0.3) is 5.91 Å². The van der Waals surface area contributed by atoms with Crippen LogP contribution in [-0.2, 0) is 4.79 Å². The molecule has 8 nitrogen and oxygen atoms in total. The molecule has 0 aliphatic heterocycles. The van der Waals surface area contributed by atoms with E-state index in [0.29, 0.717) is 10.8 Å². The van der Waals surface area contributed by atoms with E-state index >= 15 is 0 Å². The summed E-state index contributed by atoms with van der Waals surface area (Å²) in [6.07, 6.45) is 0. The zero-order valence-corrected chi connectivity index (χ0v) is 14.6. The van der Waals surface area contributed by atoms with Crippen molar-refractivity contribution in [1.29, 1.82) is 0 Å². The molecule has 1 unspecified atom stereocenters. The van der Waals surface area contributed by atoms with Crippen molar-refractivity contribution < 1.29 is 9.59 Å². The number of nitrogens with zero attached hydrogens (tertiary/aromatic N) is 4. The van der Waals surface area contributed by atoms with Crippen molar-refractivity contribution in [3.63, 3.8) is 0 Å². The molecule has 24 heavy (non-hydrogen) atoms. The van der Waals surface area contributed by atoms with Gasteiger partial charge in [0.15, 0.2) is 0 Å². The van der Waals surface area contributed by atoms with Gasteiger partial charge < -0.3 is 5.32 Å². The highest BCUT2D eigenvalue weighted by atomic mass is 35.5. The number of rotatable bonds is 3. The predicted octanol–water partition coefficient (Wildman–Crippen LogP) is 2.18. The summed E-state index contributed by atoms with van der Waals surface area (Å²) < 4.78 is 0. The first-order valence-electron chi connectivity index (χ1n) is 7.34. The molecule has 1 aromatic carbocycles. The molecule has 1 atom stereocenters. The average Bonchev–Trinajstić information content (AvgIpc) is 2.94. The highest BCUT2D eigenvalue weighted by Crippen LogP contribution is 2.17. The molecule has 1 heterocycles. The number of carbonyl (C=O) groups excluding carboxylic acids is 2. The molecule has 1 aromatic heterocycles. The number of hydrogen-bond acceptors (Lipinski definition) is 5. The maximum atomic E-state index is 12.1. The third-order valence-corrected chi connectivity index (χ3v) is 3.23. The number of hydrogen-bond donors (Lipinski definition) is 2. The lowest BCUT2D eigenvalue weighted by molar-refractivity contribution is -0.123. The van der Waals surface area contributed by atoms with Gasteiger partial charge in [-0.15, -0.1) is 10.2 Å². The first kappa shape index (κ1) is 17.9. The van der Waals surface area contributed by atoms with Crippen LogP contribution in [0.3, 0.4) is 0 Å². The van der Waals surface area contributed by atoms with E-state index in [9.17, 15) is 9.59 Å². The van der Waals surface area contributed by atoms with Gasteiger partial charge in [-0.3, -0.25) is 10.1 Å². The van der Waals surface area contributed by atoms with Gasteiger partial charge in [-0.25, -0.2) is 4.79 Å². The smallest absolute Gasteiger partial charge is 0.321 e. The van der Waals surface area contributed by atoms with Crippen molar-refractivity contribution in [2.24, 2.45) is 0 Å². The molecule has 0 aliphatic rings. The minimum Gasteiger partial charge on any atom is -0.333 e. The molecule has 128 valence electrons. The fourth-order valence-corrected chi connectivity index (χ4v) is 1.92. The van der Waals surface area contributed by atoms with E-state index in [1.807, 2.05) is 20.8 Å². The third kappa shape index (κ3) is 4.76. The summed E-state index contributed by atoms with van der Waals surface area (Å²) in [5, 5.41) is 17.5. The van der Waals surface area contributed by atoms with E-state index in [1.54, 1.807) is 31.2 Å². The van der Waals surface area contributed by atoms with Crippen LogP contribution in [0, 0.1) is 0 Å². The Morgan fingerprint density at radius 2 is 1.83 bits per heavy atom. The van der Waals surface area contributed by atoms with E-state index in [-0.39, 0.29) is 0 Å². The van der Waals surface area contributed by atoms with Crippen LogP contribution in [0.5, 0.6) is 0 Å². The molecule has 3 amide bonds. The number of urea groups is 1. The molecule has 0 radical (unpaired) electrons. The summed E-state index contributed by atoms with van der Waals surface area (Å²) >= 11 is 5.84. The van der Waals surface area contributed by atoms with Crippen LogP contribution < -0.4 is 10.6 Å². The minimum absolute atomic E-state index is 0.366. The fraction of sp³-hybridized carbons (Fsp3) is 0.400. The molecule has 9 heteroatoms. The van der Waals surface area contributed by atoms with Crippen molar-refractivity contribution in [3.8, 4) is 11.4 Å². The number of nitrogens with one attached hydrogen (secondary N) is 2. The van der Waals surface area contributed by atoms with Gasteiger partial charge in [-0.2, -0.15) is 4.80 Å². The monoisotopic (exact) mass is 350 g/mol. The van der Waals surface area contributed by atoms with Crippen molar-refractivity contribution >= 4 is 23.5 Å². The summed E-state index contributed by atoms with van der Waals surface area (Å²) in [6.45, 7) is 7.03. The Bertz CT molecular complexity index is 735. The molecule has 0 saturated carbocycles. The number of aromatic nitrogens is 4. The Balaban J connectivity index is 2.05. The Hall–Kier alpha value is -2.48. The second-order valence-corrected chi connectivity index (χ2v) is 6.75. The van der Waals surface area contributed by atoms with Gasteiger partial charge in [0.2, 0.25) is 5.82 Å². The van der Waals surface area contributed by atoms with Crippen LogP contribution in [0.4, 0.5) is 4.79 Å². The molecular formula is C15H19ClN6O2. The standard InChI is InChI=1S/C15H19ClN6O2/c1-9(13(23)17-14(24)18-15(2,3)4)22-20-12(19-21-22)10-5-7-11(16)8-6-10/h5-9H,1-4H3,(H2,17,18,23,24). The third-order valence-electron chi connectivity index (χ3n) is 2.98. The molecule has 2 N–H and O–H groups in total. The van der Waals surface area contributed by atoms with Gasteiger partial charge in [-0.05, 0) is 57.2 Å². The van der Waals surface area contributed by atoms with Crippen molar-refractivity contribution in [1.82, 2.24) is 30.8 Å². The van der Waals surface area contributed by atoms with Crippen molar-refractivity contribution in [2.75, 3.05) is 0 Å². The number of carbonyl (C=O) groups is 2. The Morgan fingerprint density at radius 3 is 2.42 bits per heavy atom.